The van der Waals surface area contributed by atoms with E-state index in [1.165, 1.54) is 154 Å². The fourth-order valence-corrected chi connectivity index (χ4v) is 7.90. The van der Waals surface area contributed by atoms with E-state index in [2.05, 4.69) is 50.3 Å². The number of rotatable bonds is 48. The van der Waals surface area contributed by atoms with Gasteiger partial charge >= 0.3 is 17.9 Å². The van der Waals surface area contributed by atoms with Gasteiger partial charge < -0.3 is 23.8 Å². The number of quaternary nitrogens is 1. The molecule has 2 unspecified atom stereocenters. The Labute approximate surface area is 389 Å². The Morgan fingerprint density at radius 2 is 0.841 bits per heavy atom. The van der Waals surface area contributed by atoms with Crippen LogP contribution in [0.2, 0.25) is 0 Å². The molecule has 2 atom stereocenters. The van der Waals surface area contributed by atoms with Gasteiger partial charge in [0.2, 0.25) is 0 Å². The number of unbranched alkanes of at least 4 members (excludes halogenated alkanes) is 29. The molecule has 0 saturated carbocycles. The van der Waals surface area contributed by atoms with Crippen molar-refractivity contribution < 1.29 is 38.2 Å². The first-order valence-corrected chi connectivity index (χ1v) is 26.5. The molecule has 8 nitrogen and oxygen atoms in total. The number of allylic oxidation sites excluding steroid dienone is 6. The highest BCUT2D eigenvalue weighted by Crippen LogP contribution is 2.15. The van der Waals surface area contributed by atoms with Crippen LogP contribution in [0.15, 0.2) is 36.5 Å². The van der Waals surface area contributed by atoms with Gasteiger partial charge in [-0.1, -0.05) is 198 Å². The van der Waals surface area contributed by atoms with Crippen LogP contribution < -0.4 is 0 Å². The quantitative estimate of drug-likeness (QED) is 0.0214. The first-order chi connectivity index (χ1) is 30.6. The molecule has 0 saturated heterocycles. The van der Waals surface area contributed by atoms with Gasteiger partial charge in [-0.25, -0.2) is 4.79 Å². The van der Waals surface area contributed by atoms with Crippen LogP contribution in [0.1, 0.15) is 245 Å². The van der Waals surface area contributed by atoms with Crippen LogP contribution in [0, 0.1) is 0 Å². The van der Waals surface area contributed by atoms with Gasteiger partial charge in [-0.3, -0.25) is 9.59 Å². The second-order valence-corrected chi connectivity index (χ2v) is 19.2. The fraction of sp³-hybridized carbons (Fsp3) is 0.836. The Hall–Kier alpha value is -2.45. The van der Waals surface area contributed by atoms with E-state index in [9.17, 15) is 19.5 Å². The topological polar surface area (TPSA) is 99.1 Å². The third-order valence-corrected chi connectivity index (χ3v) is 12.0. The lowest BCUT2D eigenvalue weighted by molar-refractivity contribution is -0.887. The average molecular weight is 889 g/mol. The van der Waals surface area contributed by atoms with Crippen molar-refractivity contribution in [2.24, 2.45) is 0 Å². The summed E-state index contributed by atoms with van der Waals surface area (Å²) in [6.07, 6.45) is 54.8. The molecule has 0 rings (SSSR count). The molecule has 1 N–H and O–H groups in total. The number of carbonyl (C=O) groups is 3. The molecule has 8 heteroatoms. The molecule has 368 valence electrons. The molecule has 0 bridgehead atoms. The Balaban J connectivity index is 4.25. The summed E-state index contributed by atoms with van der Waals surface area (Å²) < 4.78 is 17.4. The maximum absolute atomic E-state index is 12.8. The van der Waals surface area contributed by atoms with Crippen molar-refractivity contribution in [2.75, 3.05) is 41.0 Å². The minimum Gasteiger partial charge on any atom is -0.477 e. The lowest BCUT2D eigenvalue weighted by Gasteiger charge is -2.31. The zero-order chi connectivity index (χ0) is 46.3. The van der Waals surface area contributed by atoms with Gasteiger partial charge in [0.05, 0.1) is 34.4 Å². The van der Waals surface area contributed by atoms with Crippen LogP contribution in [0.25, 0.3) is 0 Å². The summed E-state index contributed by atoms with van der Waals surface area (Å²) in [5.74, 6) is -1.48. The van der Waals surface area contributed by atoms with Crippen LogP contribution in [0.5, 0.6) is 0 Å². The molecule has 0 radical (unpaired) electrons. The van der Waals surface area contributed by atoms with Gasteiger partial charge in [-0.05, 0) is 64.2 Å². The molecular formula is C55H102NO7+. The summed E-state index contributed by atoms with van der Waals surface area (Å²) >= 11 is 0. The minimum atomic E-state index is -0.876. The molecule has 0 aromatic rings. The van der Waals surface area contributed by atoms with Crippen molar-refractivity contribution in [1.29, 1.82) is 0 Å². The highest BCUT2D eigenvalue weighted by molar-refractivity contribution is 5.72. The Bertz CT molecular complexity index is 1130. The van der Waals surface area contributed by atoms with E-state index in [1.54, 1.807) is 0 Å². The number of carboxylic acids is 1. The smallest absolute Gasteiger partial charge is 0.362 e. The molecule has 0 aliphatic carbocycles. The molecule has 0 amide bonds. The monoisotopic (exact) mass is 889 g/mol. The summed E-state index contributed by atoms with van der Waals surface area (Å²) in [4.78, 5) is 37.2. The highest BCUT2D eigenvalue weighted by atomic mass is 16.6. The average Bonchev–Trinajstić information content (AvgIpc) is 3.24. The van der Waals surface area contributed by atoms with Gasteiger partial charge in [-0.2, -0.15) is 0 Å². The Morgan fingerprint density at radius 3 is 1.24 bits per heavy atom. The summed E-state index contributed by atoms with van der Waals surface area (Å²) in [6.45, 7) is 4.74. The van der Waals surface area contributed by atoms with Crippen molar-refractivity contribution in [3.8, 4) is 0 Å². The number of likely N-dealkylation sites (N-methyl/N-ethyl adjacent to an activating group) is 1. The molecule has 0 aliphatic rings. The Kier molecular flexibility index (Phi) is 44.3. The van der Waals surface area contributed by atoms with Crippen molar-refractivity contribution >= 4 is 17.9 Å². The summed E-state index contributed by atoms with van der Waals surface area (Å²) in [5.41, 5.74) is 0. The van der Waals surface area contributed by atoms with E-state index in [-0.39, 0.29) is 36.2 Å². The van der Waals surface area contributed by atoms with Crippen molar-refractivity contribution in [1.82, 2.24) is 0 Å². The van der Waals surface area contributed by atoms with Crippen LogP contribution in [0.3, 0.4) is 0 Å². The molecule has 0 aromatic carbocycles. The predicted molar refractivity (Wildman–Crippen MR) is 266 cm³/mol. The van der Waals surface area contributed by atoms with E-state index in [0.29, 0.717) is 19.3 Å². The third-order valence-electron chi connectivity index (χ3n) is 12.0. The molecule has 0 fully saturated rings. The van der Waals surface area contributed by atoms with Gasteiger partial charge in [0.1, 0.15) is 6.61 Å². The van der Waals surface area contributed by atoms with E-state index in [1.807, 2.05) is 21.1 Å². The van der Waals surface area contributed by atoms with Crippen molar-refractivity contribution in [3.63, 3.8) is 0 Å². The first kappa shape index (κ1) is 60.5. The van der Waals surface area contributed by atoms with Gasteiger partial charge in [-0.15, -0.1) is 0 Å². The zero-order valence-electron chi connectivity index (χ0n) is 42.0. The number of aliphatic carboxylic acids is 1. The molecular weight excluding hydrogens is 787 g/mol. The summed E-state index contributed by atoms with van der Waals surface area (Å²) in [6, 6.07) is -0.618. The molecule has 0 aromatic heterocycles. The van der Waals surface area contributed by atoms with E-state index in [4.69, 9.17) is 14.2 Å². The summed E-state index contributed by atoms with van der Waals surface area (Å²) in [5, 5.41) is 9.66. The number of carbonyl (C=O) groups excluding carboxylic acids is 2. The molecule has 0 spiro atoms. The normalized spacial score (nSPS) is 13.1. The zero-order valence-corrected chi connectivity index (χ0v) is 42.0. The number of esters is 2. The van der Waals surface area contributed by atoms with Crippen molar-refractivity contribution in [3.05, 3.63) is 36.5 Å². The summed E-state index contributed by atoms with van der Waals surface area (Å²) in [7, 11) is 5.53. The lowest BCUT2D eigenvalue weighted by Crippen LogP contribution is -2.50. The van der Waals surface area contributed by atoms with Gasteiger partial charge in [0.25, 0.3) is 0 Å². The molecule has 63 heavy (non-hydrogen) atoms. The van der Waals surface area contributed by atoms with Crippen LogP contribution in [-0.2, 0) is 28.6 Å². The van der Waals surface area contributed by atoms with Crippen molar-refractivity contribution in [2.45, 2.75) is 257 Å². The molecule has 0 heterocycles. The maximum Gasteiger partial charge on any atom is 0.362 e. The SMILES string of the molecule is CCCCCCCCC/C=C/C=C/CCCCCCCC(=O)OC(COCCC(C(=O)O)[N+](C)(C)C)COC(=O)CCCCCCCCC/C=C/CCCCCCCCCCCC. The molecule has 0 aliphatic heterocycles. The van der Waals surface area contributed by atoms with E-state index < -0.39 is 18.1 Å². The second kappa shape index (κ2) is 46.1. The fourth-order valence-electron chi connectivity index (χ4n) is 7.90. The van der Waals surface area contributed by atoms with Gasteiger partial charge in [0.15, 0.2) is 12.1 Å². The maximum atomic E-state index is 12.8. The number of hydrogen-bond acceptors (Lipinski definition) is 6. The van der Waals surface area contributed by atoms with Crippen LogP contribution in [0.4, 0.5) is 0 Å². The third kappa shape index (κ3) is 44.5. The predicted octanol–water partition coefficient (Wildman–Crippen LogP) is 15.4. The number of carboxylic acid groups (broad SMARTS) is 1. The largest absolute Gasteiger partial charge is 0.477 e. The van der Waals surface area contributed by atoms with Crippen LogP contribution in [-0.4, -0.2) is 80.6 Å². The van der Waals surface area contributed by atoms with E-state index in [0.717, 1.165) is 57.8 Å². The highest BCUT2D eigenvalue weighted by Gasteiger charge is 2.31. The number of ether oxygens (including phenoxy) is 3. The van der Waals surface area contributed by atoms with E-state index >= 15 is 0 Å². The first-order valence-electron chi connectivity index (χ1n) is 26.5. The second-order valence-electron chi connectivity index (χ2n) is 19.2. The van der Waals surface area contributed by atoms with Crippen LogP contribution >= 0.6 is 0 Å². The standard InChI is InChI=1S/C55H101NO7/c1-6-8-10-12-14-16-18-20-22-24-26-27-28-30-31-33-35-37-39-41-43-45-53(57)62-50-51(49-61-48-47-52(55(59)60)56(3,4)5)63-54(58)46-44-42-40-38-36-34-32-29-25-23-21-19-17-15-13-11-9-7-2/h23,25,27-29,32,51-52H,6-22,24,26,30-31,33-50H2,1-5H3/p+1/b25-23+,28-27+,32-29+. The Morgan fingerprint density at radius 1 is 0.476 bits per heavy atom. The minimum absolute atomic E-state index is 0.0550. The van der Waals surface area contributed by atoms with Gasteiger partial charge in [0, 0.05) is 19.3 Å². The lowest BCUT2D eigenvalue weighted by atomic mass is 10.1. The number of nitrogens with zero attached hydrogens (tertiary/aromatic N) is 1. The number of hydrogen-bond donors (Lipinski definition) is 1.